The lowest BCUT2D eigenvalue weighted by Crippen LogP contribution is -2.28. The Morgan fingerprint density at radius 3 is 2.70 bits per heavy atom. The first-order valence-electron chi connectivity index (χ1n) is 7.43. The van der Waals surface area contributed by atoms with Crippen molar-refractivity contribution in [3.8, 4) is 0 Å². The minimum Gasteiger partial charge on any atom is -0.415 e. The van der Waals surface area contributed by atoms with Crippen LogP contribution in [0.2, 0.25) is 0 Å². The number of halogens is 1. The van der Waals surface area contributed by atoms with Gasteiger partial charge in [0.15, 0.2) is 0 Å². The summed E-state index contributed by atoms with van der Waals surface area (Å²) in [7, 11) is 0. The van der Waals surface area contributed by atoms with Crippen LogP contribution in [0.1, 0.15) is 33.1 Å². The van der Waals surface area contributed by atoms with Gasteiger partial charge in [-0.2, -0.15) is 0 Å². The molecule has 1 aliphatic heterocycles. The standard InChI is InChI=1S/C16H18FN3O2S/c1-16(2,3)14-18-19-15(22-14)23-12-8-9-20(13(12)21)11-7-5-4-6-10(11)17/h4-7,12H,8-9H2,1-3H3/t12-/m0/s1. The highest BCUT2D eigenvalue weighted by Gasteiger charge is 2.36. The van der Waals surface area contributed by atoms with Crippen molar-refractivity contribution in [2.75, 3.05) is 11.4 Å². The summed E-state index contributed by atoms with van der Waals surface area (Å²) in [5.41, 5.74) is 0.0894. The van der Waals surface area contributed by atoms with Crippen molar-refractivity contribution in [1.82, 2.24) is 10.2 Å². The number of thioether (sulfide) groups is 1. The summed E-state index contributed by atoms with van der Waals surface area (Å²) in [6.07, 6.45) is 0.616. The maximum atomic E-state index is 13.9. The molecular formula is C16H18FN3O2S. The number of benzene rings is 1. The van der Waals surface area contributed by atoms with Crippen molar-refractivity contribution in [2.45, 2.75) is 43.1 Å². The average molecular weight is 335 g/mol. The molecule has 0 spiro atoms. The van der Waals surface area contributed by atoms with Gasteiger partial charge < -0.3 is 9.32 Å². The van der Waals surface area contributed by atoms with Gasteiger partial charge in [0.2, 0.25) is 11.8 Å². The highest BCUT2D eigenvalue weighted by atomic mass is 32.2. The first kappa shape index (κ1) is 16.0. The molecular weight excluding hydrogens is 317 g/mol. The van der Waals surface area contributed by atoms with Crippen LogP contribution in [0.5, 0.6) is 0 Å². The van der Waals surface area contributed by atoms with Gasteiger partial charge in [0.05, 0.1) is 10.9 Å². The molecule has 0 aliphatic carbocycles. The number of anilines is 1. The van der Waals surface area contributed by atoms with Crippen LogP contribution in [0, 0.1) is 5.82 Å². The van der Waals surface area contributed by atoms with E-state index in [9.17, 15) is 9.18 Å². The summed E-state index contributed by atoms with van der Waals surface area (Å²) in [6, 6.07) is 6.30. The molecule has 23 heavy (non-hydrogen) atoms. The highest BCUT2D eigenvalue weighted by Crippen LogP contribution is 2.34. The molecule has 122 valence electrons. The zero-order valence-electron chi connectivity index (χ0n) is 13.2. The summed E-state index contributed by atoms with van der Waals surface area (Å²) in [5, 5.41) is 8.07. The van der Waals surface area contributed by atoms with Gasteiger partial charge in [0.1, 0.15) is 5.82 Å². The quantitative estimate of drug-likeness (QED) is 0.860. The van der Waals surface area contributed by atoms with Crippen LogP contribution in [0.25, 0.3) is 0 Å². The van der Waals surface area contributed by atoms with E-state index in [1.807, 2.05) is 20.8 Å². The second kappa shape index (κ2) is 5.96. The summed E-state index contributed by atoms with van der Waals surface area (Å²) in [5.74, 6) is 0.0197. The molecule has 0 N–H and O–H groups in total. The molecule has 3 rings (SSSR count). The van der Waals surface area contributed by atoms with E-state index in [1.54, 1.807) is 18.2 Å². The Bertz CT molecular complexity index is 726. The van der Waals surface area contributed by atoms with Crippen molar-refractivity contribution in [3.63, 3.8) is 0 Å². The van der Waals surface area contributed by atoms with Crippen LogP contribution >= 0.6 is 11.8 Å². The molecule has 1 aromatic heterocycles. The van der Waals surface area contributed by atoms with Gasteiger partial charge >= 0.3 is 0 Å². The third kappa shape index (κ3) is 3.24. The van der Waals surface area contributed by atoms with E-state index in [0.717, 1.165) is 0 Å². The molecule has 7 heteroatoms. The number of para-hydroxylation sites is 1. The fourth-order valence-electron chi connectivity index (χ4n) is 2.36. The van der Waals surface area contributed by atoms with Gasteiger partial charge in [-0.1, -0.05) is 44.7 Å². The van der Waals surface area contributed by atoms with Crippen LogP contribution in [-0.4, -0.2) is 27.9 Å². The summed E-state index contributed by atoms with van der Waals surface area (Å²) < 4.78 is 19.5. The first-order chi connectivity index (χ1) is 10.9. The Morgan fingerprint density at radius 1 is 1.30 bits per heavy atom. The van der Waals surface area contributed by atoms with Crippen LogP contribution in [0.3, 0.4) is 0 Å². The first-order valence-corrected chi connectivity index (χ1v) is 8.31. The van der Waals surface area contributed by atoms with E-state index >= 15 is 0 Å². The zero-order valence-corrected chi connectivity index (χ0v) is 14.1. The maximum absolute atomic E-state index is 13.9. The molecule has 1 fully saturated rings. The van der Waals surface area contributed by atoms with E-state index in [4.69, 9.17) is 4.42 Å². The van der Waals surface area contributed by atoms with Crippen LogP contribution < -0.4 is 4.90 Å². The monoisotopic (exact) mass is 335 g/mol. The molecule has 0 saturated carbocycles. The Labute approximate surface area is 138 Å². The number of nitrogens with zero attached hydrogens (tertiary/aromatic N) is 3. The number of rotatable bonds is 3. The van der Waals surface area contributed by atoms with Gasteiger partial charge in [0.25, 0.3) is 5.22 Å². The molecule has 0 radical (unpaired) electrons. The molecule has 5 nitrogen and oxygen atoms in total. The van der Waals surface area contributed by atoms with Crippen molar-refractivity contribution in [2.24, 2.45) is 0 Å². The highest BCUT2D eigenvalue weighted by molar-refractivity contribution is 8.00. The lowest BCUT2D eigenvalue weighted by atomic mass is 9.97. The Balaban J connectivity index is 1.73. The molecule has 2 aromatic rings. The van der Waals surface area contributed by atoms with E-state index < -0.39 is 0 Å². The number of carbonyl (C=O) groups is 1. The number of hydrogen-bond donors (Lipinski definition) is 0. The number of aromatic nitrogens is 2. The SMILES string of the molecule is CC(C)(C)c1nnc(S[C@H]2CCN(c3ccccc3F)C2=O)o1. The molecule has 1 aromatic carbocycles. The molecule has 1 amide bonds. The molecule has 0 unspecified atom stereocenters. The third-order valence-corrected chi connectivity index (χ3v) is 4.68. The third-order valence-electron chi connectivity index (χ3n) is 3.59. The lowest BCUT2D eigenvalue weighted by molar-refractivity contribution is -0.116. The molecule has 2 heterocycles. The normalized spacial score (nSPS) is 18.7. The van der Waals surface area contributed by atoms with Gasteiger partial charge in [0, 0.05) is 12.0 Å². The van der Waals surface area contributed by atoms with E-state index in [0.29, 0.717) is 29.8 Å². The smallest absolute Gasteiger partial charge is 0.277 e. The predicted molar refractivity (Wildman–Crippen MR) is 86.0 cm³/mol. The Kier molecular flexibility index (Phi) is 4.14. The van der Waals surface area contributed by atoms with E-state index in [2.05, 4.69) is 10.2 Å². The summed E-state index contributed by atoms with van der Waals surface area (Å²) in [4.78, 5) is 14.0. The Hall–Kier alpha value is -1.89. The number of carbonyl (C=O) groups excluding carboxylic acids is 1. The van der Waals surface area contributed by atoms with Crippen LogP contribution in [0.15, 0.2) is 33.9 Å². The zero-order chi connectivity index (χ0) is 16.6. The summed E-state index contributed by atoms with van der Waals surface area (Å²) in [6.45, 7) is 6.43. The fraction of sp³-hybridized carbons (Fsp3) is 0.438. The Morgan fingerprint density at radius 2 is 2.04 bits per heavy atom. The van der Waals surface area contributed by atoms with E-state index in [1.165, 1.54) is 22.7 Å². The van der Waals surface area contributed by atoms with Crippen molar-refractivity contribution in [3.05, 3.63) is 36.0 Å². The lowest BCUT2D eigenvalue weighted by Gasteiger charge is -2.16. The van der Waals surface area contributed by atoms with Gasteiger partial charge in [-0.15, -0.1) is 10.2 Å². The van der Waals surface area contributed by atoms with Crippen molar-refractivity contribution < 1.29 is 13.6 Å². The second-order valence-corrected chi connectivity index (χ2v) is 7.61. The van der Waals surface area contributed by atoms with Crippen LogP contribution in [0.4, 0.5) is 10.1 Å². The predicted octanol–water partition coefficient (Wildman–Crippen LogP) is 3.40. The topological polar surface area (TPSA) is 59.2 Å². The fourth-order valence-corrected chi connectivity index (χ4v) is 3.26. The molecule has 1 atom stereocenters. The molecule has 0 bridgehead atoms. The molecule has 1 saturated heterocycles. The van der Waals surface area contributed by atoms with Crippen molar-refractivity contribution in [1.29, 1.82) is 0 Å². The number of amides is 1. The van der Waals surface area contributed by atoms with Crippen molar-refractivity contribution >= 4 is 23.4 Å². The largest absolute Gasteiger partial charge is 0.415 e. The summed E-state index contributed by atoms with van der Waals surface area (Å²) >= 11 is 1.25. The maximum Gasteiger partial charge on any atom is 0.277 e. The number of hydrogen-bond acceptors (Lipinski definition) is 5. The molecule has 1 aliphatic rings. The minimum atomic E-state index is -0.390. The van der Waals surface area contributed by atoms with Gasteiger partial charge in [-0.3, -0.25) is 4.79 Å². The van der Waals surface area contributed by atoms with Crippen LogP contribution in [-0.2, 0) is 10.2 Å². The van der Waals surface area contributed by atoms with Gasteiger partial charge in [-0.25, -0.2) is 4.39 Å². The van der Waals surface area contributed by atoms with E-state index in [-0.39, 0.29) is 22.4 Å². The average Bonchev–Trinajstić information content (AvgIpc) is 3.08. The minimum absolute atomic E-state index is 0.129. The van der Waals surface area contributed by atoms with Gasteiger partial charge in [-0.05, 0) is 18.6 Å². The second-order valence-electron chi connectivity index (χ2n) is 6.46.